The molecule has 2 aliphatic rings. The van der Waals surface area contributed by atoms with Gasteiger partial charge in [-0.3, -0.25) is 0 Å². The Hall–Kier alpha value is -1.16. The minimum absolute atomic E-state index is 0.417. The fraction of sp³-hybridized carbons (Fsp3) is 0.714. The number of hydrogen-bond acceptors (Lipinski definition) is 4. The minimum Gasteiger partial charge on any atom is -0.381 e. The van der Waals surface area contributed by atoms with E-state index in [0.717, 1.165) is 31.5 Å². The lowest BCUT2D eigenvalue weighted by atomic mass is 9.96. The van der Waals surface area contributed by atoms with Gasteiger partial charge in [0.2, 0.25) is 0 Å². The van der Waals surface area contributed by atoms with Gasteiger partial charge in [-0.25, -0.2) is 9.97 Å². The number of hydrogen-bond donors (Lipinski definition) is 1. The van der Waals surface area contributed by atoms with E-state index >= 15 is 0 Å². The Bertz CT molecular complexity index is 422. The van der Waals surface area contributed by atoms with Crippen LogP contribution in [0.3, 0.4) is 0 Å². The van der Waals surface area contributed by atoms with Crippen LogP contribution in [0, 0.1) is 0 Å². The molecule has 4 heteroatoms. The Morgan fingerprint density at radius 2 is 2.11 bits per heavy atom. The van der Waals surface area contributed by atoms with Gasteiger partial charge in [0.15, 0.2) is 0 Å². The van der Waals surface area contributed by atoms with Gasteiger partial charge in [-0.2, -0.15) is 0 Å². The Kier molecular flexibility index (Phi) is 3.46. The maximum absolute atomic E-state index is 5.42. The van der Waals surface area contributed by atoms with Crippen LogP contribution in [-0.4, -0.2) is 29.2 Å². The largest absolute Gasteiger partial charge is 0.381 e. The SMILES string of the molecule is COC1CCC(Nc2ncnc3c2CCCC3)C1. The second-order valence-corrected chi connectivity index (χ2v) is 5.37. The first-order valence-corrected chi connectivity index (χ1v) is 6.99. The number of nitrogens with one attached hydrogen (secondary N) is 1. The molecule has 2 unspecified atom stereocenters. The van der Waals surface area contributed by atoms with E-state index in [1.807, 2.05) is 0 Å². The lowest BCUT2D eigenvalue weighted by Crippen LogP contribution is -2.21. The second-order valence-electron chi connectivity index (χ2n) is 5.37. The summed E-state index contributed by atoms with van der Waals surface area (Å²) in [6.45, 7) is 0. The molecule has 0 saturated heterocycles. The molecule has 2 atom stereocenters. The zero-order chi connectivity index (χ0) is 12.4. The summed E-state index contributed by atoms with van der Waals surface area (Å²) in [4.78, 5) is 8.85. The molecule has 1 heterocycles. The fourth-order valence-electron chi connectivity index (χ4n) is 3.12. The van der Waals surface area contributed by atoms with E-state index < -0.39 is 0 Å². The molecule has 0 spiro atoms. The summed E-state index contributed by atoms with van der Waals surface area (Å²) in [7, 11) is 1.81. The lowest BCUT2D eigenvalue weighted by Gasteiger charge is -2.20. The number of fused-ring (bicyclic) bond motifs is 1. The maximum atomic E-state index is 5.42. The third kappa shape index (κ3) is 2.34. The van der Waals surface area contributed by atoms with Gasteiger partial charge >= 0.3 is 0 Å². The average molecular weight is 247 g/mol. The molecule has 0 radical (unpaired) electrons. The number of methoxy groups -OCH3 is 1. The van der Waals surface area contributed by atoms with Crippen molar-refractivity contribution in [3.63, 3.8) is 0 Å². The number of anilines is 1. The summed E-state index contributed by atoms with van der Waals surface area (Å²) in [5.74, 6) is 1.07. The van der Waals surface area contributed by atoms with Crippen molar-refractivity contribution in [1.29, 1.82) is 0 Å². The molecule has 4 nitrogen and oxygen atoms in total. The monoisotopic (exact) mass is 247 g/mol. The summed E-state index contributed by atoms with van der Waals surface area (Å²) in [6, 6.07) is 0.510. The summed E-state index contributed by atoms with van der Waals surface area (Å²) in [5, 5.41) is 3.60. The van der Waals surface area contributed by atoms with Crippen LogP contribution >= 0.6 is 0 Å². The molecule has 0 amide bonds. The molecule has 1 N–H and O–H groups in total. The van der Waals surface area contributed by atoms with Crippen molar-refractivity contribution in [2.45, 2.75) is 57.1 Å². The number of aryl methyl sites for hydroxylation is 1. The Morgan fingerprint density at radius 3 is 2.94 bits per heavy atom. The van der Waals surface area contributed by atoms with Crippen LogP contribution in [0.1, 0.15) is 43.4 Å². The molecular formula is C14H21N3O. The molecule has 2 aliphatic carbocycles. The molecule has 1 aromatic rings. The van der Waals surface area contributed by atoms with Crippen molar-refractivity contribution in [2.75, 3.05) is 12.4 Å². The molecule has 1 fully saturated rings. The van der Waals surface area contributed by atoms with E-state index in [2.05, 4.69) is 15.3 Å². The van der Waals surface area contributed by atoms with E-state index in [1.165, 1.54) is 30.5 Å². The van der Waals surface area contributed by atoms with Gasteiger partial charge in [-0.1, -0.05) is 0 Å². The van der Waals surface area contributed by atoms with Crippen molar-refractivity contribution in [3.8, 4) is 0 Å². The lowest BCUT2D eigenvalue weighted by molar-refractivity contribution is 0.108. The maximum Gasteiger partial charge on any atom is 0.133 e. The Labute approximate surface area is 108 Å². The van der Waals surface area contributed by atoms with Gasteiger partial charge in [0.1, 0.15) is 12.1 Å². The van der Waals surface area contributed by atoms with E-state index in [4.69, 9.17) is 4.74 Å². The molecule has 0 aliphatic heterocycles. The zero-order valence-electron chi connectivity index (χ0n) is 11.0. The highest BCUT2D eigenvalue weighted by Gasteiger charge is 2.26. The average Bonchev–Trinajstić information content (AvgIpc) is 2.87. The van der Waals surface area contributed by atoms with Gasteiger partial charge < -0.3 is 10.1 Å². The zero-order valence-corrected chi connectivity index (χ0v) is 11.0. The topological polar surface area (TPSA) is 47.0 Å². The molecular weight excluding hydrogens is 226 g/mol. The fourth-order valence-corrected chi connectivity index (χ4v) is 3.12. The molecule has 1 aromatic heterocycles. The van der Waals surface area contributed by atoms with Crippen LogP contribution in [0.25, 0.3) is 0 Å². The highest BCUT2D eigenvalue weighted by molar-refractivity contribution is 5.47. The quantitative estimate of drug-likeness (QED) is 0.890. The highest BCUT2D eigenvalue weighted by atomic mass is 16.5. The van der Waals surface area contributed by atoms with Crippen molar-refractivity contribution >= 4 is 5.82 Å². The summed E-state index contributed by atoms with van der Waals surface area (Å²) in [5.41, 5.74) is 2.60. The summed E-state index contributed by atoms with van der Waals surface area (Å²) in [6.07, 6.45) is 10.3. The van der Waals surface area contributed by atoms with Crippen LogP contribution in [0.4, 0.5) is 5.82 Å². The first kappa shape index (κ1) is 11.9. The van der Waals surface area contributed by atoms with Crippen molar-refractivity contribution in [2.24, 2.45) is 0 Å². The number of ether oxygens (including phenoxy) is 1. The number of aromatic nitrogens is 2. The Balaban J connectivity index is 1.73. The van der Waals surface area contributed by atoms with E-state index in [-0.39, 0.29) is 0 Å². The van der Waals surface area contributed by atoms with Crippen LogP contribution in [0.5, 0.6) is 0 Å². The molecule has 98 valence electrons. The summed E-state index contributed by atoms with van der Waals surface area (Å²) < 4.78 is 5.42. The standard InChI is InChI=1S/C14H21N3O/c1-18-11-7-6-10(8-11)17-14-12-4-2-3-5-13(12)15-9-16-14/h9-11H,2-8H2,1H3,(H,15,16,17). The van der Waals surface area contributed by atoms with Crippen LogP contribution in [0.15, 0.2) is 6.33 Å². The van der Waals surface area contributed by atoms with Crippen molar-refractivity contribution in [3.05, 3.63) is 17.6 Å². The van der Waals surface area contributed by atoms with Crippen molar-refractivity contribution in [1.82, 2.24) is 9.97 Å². The van der Waals surface area contributed by atoms with Crippen LogP contribution in [-0.2, 0) is 17.6 Å². The van der Waals surface area contributed by atoms with E-state index in [0.29, 0.717) is 12.1 Å². The third-order valence-electron chi connectivity index (χ3n) is 4.18. The van der Waals surface area contributed by atoms with Gasteiger partial charge in [0.05, 0.1) is 6.10 Å². The minimum atomic E-state index is 0.417. The molecule has 0 bridgehead atoms. The normalized spacial score (nSPS) is 26.9. The Morgan fingerprint density at radius 1 is 1.22 bits per heavy atom. The first-order valence-electron chi connectivity index (χ1n) is 6.99. The molecule has 0 aromatic carbocycles. The second kappa shape index (κ2) is 5.22. The van der Waals surface area contributed by atoms with Gasteiger partial charge in [0, 0.05) is 24.4 Å². The predicted octanol–water partition coefficient (Wildman–Crippen LogP) is 2.33. The van der Waals surface area contributed by atoms with Crippen LogP contribution in [0.2, 0.25) is 0 Å². The first-order chi connectivity index (χ1) is 8.86. The molecule has 18 heavy (non-hydrogen) atoms. The van der Waals surface area contributed by atoms with E-state index in [9.17, 15) is 0 Å². The third-order valence-corrected chi connectivity index (χ3v) is 4.18. The van der Waals surface area contributed by atoms with Gasteiger partial charge in [-0.05, 0) is 44.9 Å². The summed E-state index contributed by atoms with van der Waals surface area (Å²) >= 11 is 0. The predicted molar refractivity (Wildman–Crippen MR) is 70.7 cm³/mol. The molecule has 1 saturated carbocycles. The molecule has 3 rings (SSSR count). The smallest absolute Gasteiger partial charge is 0.133 e. The van der Waals surface area contributed by atoms with Gasteiger partial charge in [-0.15, -0.1) is 0 Å². The highest BCUT2D eigenvalue weighted by Crippen LogP contribution is 2.28. The van der Waals surface area contributed by atoms with Crippen LogP contribution < -0.4 is 5.32 Å². The van der Waals surface area contributed by atoms with Gasteiger partial charge in [0.25, 0.3) is 0 Å². The van der Waals surface area contributed by atoms with Crippen molar-refractivity contribution < 1.29 is 4.74 Å². The number of rotatable bonds is 3. The van der Waals surface area contributed by atoms with E-state index in [1.54, 1.807) is 13.4 Å². The number of nitrogens with zero attached hydrogens (tertiary/aromatic N) is 2.